The molecule has 1 rings (SSSR count). The van der Waals surface area contributed by atoms with Crippen molar-refractivity contribution in [2.45, 2.75) is 33.6 Å². The molecule has 23 heavy (non-hydrogen) atoms. The van der Waals surface area contributed by atoms with Gasteiger partial charge in [-0.2, -0.15) is 0 Å². The maximum atomic E-state index is 11.4. The van der Waals surface area contributed by atoms with E-state index in [2.05, 4.69) is 34.7 Å². The molecule has 6 heteroatoms. The van der Waals surface area contributed by atoms with Gasteiger partial charge in [-0.05, 0) is 32.3 Å². The van der Waals surface area contributed by atoms with Crippen LogP contribution >= 0.6 is 24.0 Å². The van der Waals surface area contributed by atoms with E-state index in [4.69, 9.17) is 5.73 Å². The van der Waals surface area contributed by atoms with Crippen LogP contribution in [0.1, 0.15) is 39.2 Å². The molecule has 1 aromatic rings. The number of primary amides is 1. The summed E-state index contributed by atoms with van der Waals surface area (Å²) in [5.74, 6) is 0.735. The second kappa shape index (κ2) is 10.5. The highest BCUT2D eigenvalue weighted by atomic mass is 127. The number of carbonyl (C=O) groups is 1. The number of amides is 1. The number of nitrogens with two attached hydrogens (primary N) is 1. The van der Waals surface area contributed by atoms with Crippen LogP contribution < -0.4 is 16.4 Å². The van der Waals surface area contributed by atoms with Gasteiger partial charge in [0.2, 0.25) is 5.91 Å². The van der Waals surface area contributed by atoms with E-state index in [0.29, 0.717) is 18.4 Å². The Morgan fingerprint density at radius 3 is 2.39 bits per heavy atom. The molecule has 1 atom stereocenters. The number of hydrogen-bond donors (Lipinski definition) is 3. The Kier molecular flexibility index (Phi) is 9.87. The molecular weight excluding hydrogens is 403 g/mol. The first-order valence-corrected chi connectivity index (χ1v) is 7.74. The smallest absolute Gasteiger partial charge is 0.224 e. The molecule has 130 valence electrons. The van der Waals surface area contributed by atoms with Gasteiger partial charge in [0.15, 0.2) is 5.96 Å². The minimum atomic E-state index is -0.645. The highest BCUT2D eigenvalue weighted by Gasteiger charge is 2.24. The molecule has 1 amide bonds. The molecule has 0 aliphatic heterocycles. The topological polar surface area (TPSA) is 79.5 Å². The lowest BCUT2D eigenvalue weighted by molar-refractivity contribution is -0.125. The predicted octanol–water partition coefficient (Wildman–Crippen LogP) is 2.47. The number of halogens is 1. The van der Waals surface area contributed by atoms with Gasteiger partial charge in [0, 0.05) is 13.1 Å². The summed E-state index contributed by atoms with van der Waals surface area (Å²) in [5, 5.41) is 6.50. The number of aliphatic imine (C=N–C) groups is 1. The lowest BCUT2D eigenvalue weighted by Gasteiger charge is -2.20. The van der Waals surface area contributed by atoms with Gasteiger partial charge in [0.25, 0.3) is 0 Å². The van der Waals surface area contributed by atoms with Crippen molar-refractivity contribution in [1.29, 1.82) is 0 Å². The number of carbonyl (C=O) groups excluding carboxylic acids is 1. The van der Waals surface area contributed by atoms with E-state index < -0.39 is 5.41 Å². The minimum Gasteiger partial charge on any atom is -0.369 e. The van der Waals surface area contributed by atoms with Gasteiger partial charge in [0.1, 0.15) is 0 Å². The summed E-state index contributed by atoms with van der Waals surface area (Å²) in [5.41, 5.74) is 6.01. The van der Waals surface area contributed by atoms with Crippen LogP contribution in [0.5, 0.6) is 0 Å². The first kappa shape index (κ1) is 21.7. The van der Waals surface area contributed by atoms with Crippen molar-refractivity contribution in [3.05, 3.63) is 35.9 Å². The van der Waals surface area contributed by atoms with E-state index in [1.54, 1.807) is 13.8 Å². The molecule has 4 N–H and O–H groups in total. The molecule has 0 saturated carbocycles. The number of guanidine groups is 1. The fourth-order valence-corrected chi connectivity index (χ4v) is 1.85. The van der Waals surface area contributed by atoms with E-state index >= 15 is 0 Å². The molecule has 0 aliphatic carbocycles. The molecular formula is C17H29IN4O. The average Bonchev–Trinajstić information content (AvgIpc) is 2.50. The molecule has 0 saturated heterocycles. The molecule has 0 fully saturated rings. The molecule has 0 radical (unpaired) electrons. The van der Waals surface area contributed by atoms with Crippen LogP contribution in [-0.2, 0) is 4.79 Å². The number of benzene rings is 1. The molecule has 0 aliphatic rings. The Labute approximate surface area is 156 Å². The van der Waals surface area contributed by atoms with E-state index in [9.17, 15) is 4.79 Å². The van der Waals surface area contributed by atoms with E-state index in [1.807, 2.05) is 25.1 Å². The van der Waals surface area contributed by atoms with Crippen LogP contribution in [0.25, 0.3) is 0 Å². The van der Waals surface area contributed by atoms with Crippen molar-refractivity contribution in [1.82, 2.24) is 10.6 Å². The van der Waals surface area contributed by atoms with Gasteiger partial charge in [-0.3, -0.25) is 9.79 Å². The van der Waals surface area contributed by atoms with Crippen molar-refractivity contribution in [3.63, 3.8) is 0 Å². The SMILES string of the molecule is CCNC(=NCC(C)(C)C(N)=O)NCC(C)c1ccccc1.I. The normalized spacial score (nSPS) is 13.0. The van der Waals surface area contributed by atoms with Crippen molar-refractivity contribution < 1.29 is 4.79 Å². The van der Waals surface area contributed by atoms with Gasteiger partial charge in [0.05, 0.1) is 12.0 Å². The Morgan fingerprint density at radius 2 is 1.87 bits per heavy atom. The molecule has 0 heterocycles. The average molecular weight is 432 g/mol. The molecule has 5 nitrogen and oxygen atoms in total. The van der Waals surface area contributed by atoms with Crippen LogP contribution in [0.15, 0.2) is 35.3 Å². The van der Waals surface area contributed by atoms with Crippen molar-refractivity contribution in [2.75, 3.05) is 19.6 Å². The Balaban J connectivity index is 0.00000484. The zero-order valence-electron chi connectivity index (χ0n) is 14.4. The van der Waals surface area contributed by atoms with E-state index in [0.717, 1.165) is 13.1 Å². The Morgan fingerprint density at radius 1 is 1.26 bits per heavy atom. The quantitative estimate of drug-likeness (QED) is 0.352. The summed E-state index contributed by atoms with van der Waals surface area (Å²) in [6, 6.07) is 10.3. The number of rotatable bonds is 7. The number of nitrogens with zero attached hydrogens (tertiary/aromatic N) is 1. The maximum Gasteiger partial charge on any atom is 0.224 e. The summed E-state index contributed by atoms with van der Waals surface area (Å²) in [7, 11) is 0. The van der Waals surface area contributed by atoms with E-state index in [-0.39, 0.29) is 29.9 Å². The van der Waals surface area contributed by atoms with Crippen LogP contribution in [0, 0.1) is 5.41 Å². The lowest BCUT2D eigenvalue weighted by atomic mass is 9.93. The van der Waals surface area contributed by atoms with Gasteiger partial charge in [-0.1, -0.05) is 37.3 Å². The molecule has 1 unspecified atom stereocenters. The summed E-state index contributed by atoms with van der Waals surface area (Å²) >= 11 is 0. The zero-order chi connectivity index (χ0) is 16.6. The first-order valence-electron chi connectivity index (χ1n) is 7.74. The molecule has 0 aromatic heterocycles. The summed E-state index contributed by atoms with van der Waals surface area (Å²) < 4.78 is 0. The zero-order valence-corrected chi connectivity index (χ0v) is 16.8. The van der Waals surface area contributed by atoms with Crippen molar-refractivity contribution >= 4 is 35.8 Å². The van der Waals surface area contributed by atoms with E-state index in [1.165, 1.54) is 5.56 Å². The second-order valence-corrected chi connectivity index (χ2v) is 6.14. The Hall–Kier alpha value is -1.31. The predicted molar refractivity (Wildman–Crippen MR) is 107 cm³/mol. The monoisotopic (exact) mass is 432 g/mol. The molecule has 0 bridgehead atoms. The van der Waals surface area contributed by atoms with Crippen molar-refractivity contribution in [3.8, 4) is 0 Å². The van der Waals surface area contributed by atoms with Gasteiger partial charge in [-0.15, -0.1) is 24.0 Å². The number of nitrogens with one attached hydrogen (secondary N) is 2. The lowest BCUT2D eigenvalue weighted by Crippen LogP contribution is -2.41. The van der Waals surface area contributed by atoms with Gasteiger partial charge in [-0.25, -0.2) is 0 Å². The third-order valence-corrected chi connectivity index (χ3v) is 3.59. The summed E-state index contributed by atoms with van der Waals surface area (Å²) in [6.45, 7) is 9.67. The Bertz CT molecular complexity index is 503. The van der Waals surface area contributed by atoms with Crippen LogP contribution in [0.3, 0.4) is 0 Å². The fourth-order valence-electron chi connectivity index (χ4n) is 1.85. The van der Waals surface area contributed by atoms with Crippen molar-refractivity contribution in [2.24, 2.45) is 16.1 Å². The third kappa shape index (κ3) is 7.67. The fraction of sp³-hybridized carbons (Fsp3) is 0.529. The van der Waals surface area contributed by atoms with Gasteiger partial charge < -0.3 is 16.4 Å². The third-order valence-electron chi connectivity index (χ3n) is 3.59. The maximum absolute atomic E-state index is 11.4. The van der Waals surface area contributed by atoms with Crippen LogP contribution in [0.4, 0.5) is 0 Å². The first-order chi connectivity index (χ1) is 10.4. The summed E-state index contributed by atoms with van der Waals surface area (Å²) in [6.07, 6.45) is 0. The standard InChI is InChI=1S/C17H28N4O.HI/c1-5-19-16(21-12-17(3,4)15(18)22)20-11-13(2)14-9-7-6-8-10-14;/h6-10,13H,5,11-12H2,1-4H3,(H2,18,22)(H2,19,20,21);1H. The van der Waals surface area contributed by atoms with Crippen LogP contribution in [0.2, 0.25) is 0 Å². The molecule has 1 aromatic carbocycles. The molecule has 0 spiro atoms. The summed E-state index contributed by atoms with van der Waals surface area (Å²) in [4.78, 5) is 15.8. The second-order valence-electron chi connectivity index (χ2n) is 6.14. The highest BCUT2D eigenvalue weighted by Crippen LogP contribution is 2.15. The number of hydrogen-bond acceptors (Lipinski definition) is 2. The minimum absolute atomic E-state index is 0. The van der Waals surface area contributed by atoms with Crippen LogP contribution in [-0.4, -0.2) is 31.5 Å². The van der Waals surface area contributed by atoms with Gasteiger partial charge >= 0.3 is 0 Å². The largest absolute Gasteiger partial charge is 0.369 e. The highest BCUT2D eigenvalue weighted by molar-refractivity contribution is 14.0.